The van der Waals surface area contributed by atoms with Crippen molar-refractivity contribution < 1.29 is 4.74 Å². The summed E-state index contributed by atoms with van der Waals surface area (Å²) in [6.45, 7) is 3.18. The normalized spacial score (nSPS) is 14.6. The standard InChI is InChI=1S/C20H18N6O/c1-2-17-16(11-14(1)18-13-21-5-6-22-18)20(25-24-17)15-3-4-23-19(12-15)26-7-9-27-10-8-26/h1-6,11-13H,7-10H2,(H,24,25). The van der Waals surface area contributed by atoms with Crippen molar-refractivity contribution in [3.05, 3.63) is 55.1 Å². The second-order valence-electron chi connectivity index (χ2n) is 6.43. The van der Waals surface area contributed by atoms with Crippen molar-refractivity contribution in [3.63, 3.8) is 0 Å². The zero-order valence-electron chi connectivity index (χ0n) is 14.7. The minimum absolute atomic E-state index is 0.735. The number of H-pyrrole nitrogens is 1. The monoisotopic (exact) mass is 358 g/mol. The Labute approximate surface area is 156 Å². The van der Waals surface area contributed by atoms with Gasteiger partial charge >= 0.3 is 0 Å². The first-order valence-electron chi connectivity index (χ1n) is 8.92. The van der Waals surface area contributed by atoms with Crippen molar-refractivity contribution in [2.24, 2.45) is 0 Å². The summed E-state index contributed by atoms with van der Waals surface area (Å²) in [4.78, 5) is 15.3. The molecule has 0 bridgehead atoms. The molecule has 1 aliphatic heterocycles. The molecule has 4 heterocycles. The molecule has 0 amide bonds. The summed E-state index contributed by atoms with van der Waals surface area (Å²) < 4.78 is 5.44. The third kappa shape index (κ3) is 3.02. The number of aromatic amines is 1. The number of hydrogen-bond donors (Lipinski definition) is 1. The Bertz CT molecular complexity index is 1070. The Morgan fingerprint density at radius 2 is 1.85 bits per heavy atom. The molecule has 7 nitrogen and oxygen atoms in total. The highest BCUT2D eigenvalue weighted by Gasteiger charge is 2.15. The second kappa shape index (κ2) is 6.77. The van der Waals surface area contributed by atoms with Gasteiger partial charge in [-0.1, -0.05) is 6.07 Å². The maximum Gasteiger partial charge on any atom is 0.129 e. The molecule has 4 aromatic rings. The van der Waals surface area contributed by atoms with E-state index < -0.39 is 0 Å². The zero-order chi connectivity index (χ0) is 18.1. The summed E-state index contributed by atoms with van der Waals surface area (Å²) in [7, 11) is 0. The summed E-state index contributed by atoms with van der Waals surface area (Å²) in [5.74, 6) is 0.956. The molecule has 1 saturated heterocycles. The van der Waals surface area contributed by atoms with E-state index >= 15 is 0 Å². The van der Waals surface area contributed by atoms with Crippen molar-refractivity contribution in [1.82, 2.24) is 25.1 Å². The third-order valence-electron chi connectivity index (χ3n) is 4.78. The number of pyridine rings is 1. The smallest absolute Gasteiger partial charge is 0.129 e. The van der Waals surface area contributed by atoms with Crippen LogP contribution in [0, 0.1) is 0 Å². The molecule has 1 fully saturated rings. The molecule has 1 aliphatic rings. The van der Waals surface area contributed by atoms with Gasteiger partial charge in [0.25, 0.3) is 0 Å². The topological polar surface area (TPSA) is 79.8 Å². The number of nitrogens with one attached hydrogen (secondary N) is 1. The quantitative estimate of drug-likeness (QED) is 0.607. The lowest BCUT2D eigenvalue weighted by Gasteiger charge is -2.27. The largest absolute Gasteiger partial charge is 0.378 e. The van der Waals surface area contributed by atoms with Gasteiger partial charge in [0.05, 0.1) is 30.6 Å². The molecule has 0 atom stereocenters. The maximum absolute atomic E-state index is 5.44. The highest BCUT2D eigenvalue weighted by atomic mass is 16.5. The Morgan fingerprint density at radius 1 is 0.926 bits per heavy atom. The van der Waals surface area contributed by atoms with Gasteiger partial charge in [-0.3, -0.25) is 15.1 Å². The molecule has 7 heteroatoms. The van der Waals surface area contributed by atoms with Gasteiger partial charge in [0.2, 0.25) is 0 Å². The number of aromatic nitrogens is 5. The predicted molar refractivity (Wildman–Crippen MR) is 103 cm³/mol. The summed E-state index contributed by atoms with van der Waals surface area (Å²) >= 11 is 0. The fourth-order valence-electron chi connectivity index (χ4n) is 3.37. The number of benzene rings is 1. The van der Waals surface area contributed by atoms with E-state index in [-0.39, 0.29) is 0 Å². The Kier molecular flexibility index (Phi) is 3.99. The van der Waals surface area contributed by atoms with Gasteiger partial charge < -0.3 is 9.64 Å². The molecule has 27 heavy (non-hydrogen) atoms. The van der Waals surface area contributed by atoms with Crippen LogP contribution in [0.1, 0.15) is 0 Å². The van der Waals surface area contributed by atoms with E-state index in [1.54, 1.807) is 18.6 Å². The molecular formula is C20H18N6O. The lowest BCUT2D eigenvalue weighted by Crippen LogP contribution is -2.36. The predicted octanol–water partition coefficient (Wildman–Crippen LogP) is 2.92. The second-order valence-corrected chi connectivity index (χ2v) is 6.43. The molecule has 1 N–H and O–H groups in total. The van der Waals surface area contributed by atoms with Crippen molar-refractivity contribution in [2.45, 2.75) is 0 Å². The van der Waals surface area contributed by atoms with Crippen molar-refractivity contribution in [3.8, 4) is 22.5 Å². The van der Waals surface area contributed by atoms with E-state index in [0.717, 1.165) is 65.5 Å². The highest BCUT2D eigenvalue weighted by molar-refractivity contribution is 5.95. The number of rotatable bonds is 3. The Morgan fingerprint density at radius 3 is 2.70 bits per heavy atom. The Hall–Kier alpha value is -3.32. The maximum atomic E-state index is 5.44. The van der Waals surface area contributed by atoms with Crippen LogP contribution in [0.25, 0.3) is 33.4 Å². The van der Waals surface area contributed by atoms with Gasteiger partial charge in [0, 0.05) is 48.2 Å². The number of nitrogens with zero attached hydrogens (tertiary/aromatic N) is 5. The van der Waals surface area contributed by atoms with Crippen LogP contribution in [0.15, 0.2) is 55.1 Å². The minimum atomic E-state index is 0.735. The average Bonchev–Trinajstić information content (AvgIpc) is 3.18. The van der Waals surface area contributed by atoms with Crippen LogP contribution in [0.2, 0.25) is 0 Å². The van der Waals surface area contributed by atoms with Gasteiger partial charge in [-0.2, -0.15) is 5.10 Å². The van der Waals surface area contributed by atoms with Crippen molar-refractivity contribution in [1.29, 1.82) is 0 Å². The van der Waals surface area contributed by atoms with Crippen LogP contribution in [-0.4, -0.2) is 51.5 Å². The summed E-state index contributed by atoms with van der Waals surface area (Å²) in [6.07, 6.45) is 6.99. The SMILES string of the molecule is c1cnc(-c2ccc3[nH]nc(-c4ccnc(N5CCOCC5)c4)c3c2)cn1. The molecule has 5 rings (SSSR count). The molecule has 0 spiro atoms. The number of anilines is 1. The van der Waals surface area contributed by atoms with Gasteiger partial charge in [-0.25, -0.2) is 4.98 Å². The summed E-state index contributed by atoms with van der Waals surface area (Å²) in [5, 5.41) is 8.73. The third-order valence-corrected chi connectivity index (χ3v) is 4.78. The van der Waals surface area contributed by atoms with Gasteiger partial charge in [-0.15, -0.1) is 0 Å². The fourth-order valence-corrected chi connectivity index (χ4v) is 3.37. The van der Waals surface area contributed by atoms with Crippen LogP contribution in [-0.2, 0) is 4.74 Å². The first kappa shape index (κ1) is 15.9. The molecular weight excluding hydrogens is 340 g/mol. The van der Waals surface area contributed by atoms with E-state index in [9.17, 15) is 0 Å². The molecule has 0 unspecified atom stereocenters. The lowest BCUT2D eigenvalue weighted by atomic mass is 10.0. The van der Waals surface area contributed by atoms with E-state index in [0.29, 0.717) is 0 Å². The molecule has 0 aliphatic carbocycles. The molecule has 0 radical (unpaired) electrons. The fraction of sp³-hybridized carbons (Fsp3) is 0.200. The van der Waals surface area contributed by atoms with Crippen LogP contribution in [0.3, 0.4) is 0 Å². The molecule has 0 saturated carbocycles. The van der Waals surface area contributed by atoms with E-state index in [2.05, 4.69) is 42.2 Å². The first-order chi connectivity index (χ1) is 13.4. The number of fused-ring (bicyclic) bond motifs is 1. The first-order valence-corrected chi connectivity index (χ1v) is 8.92. The average molecular weight is 358 g/mol. The van der Waals surface area contributed by atoms with Gasteiger partial charge in [-0.05, 0) is 24.3 Å². The minimum Gasteiger partial charge on any atom is -0.378 e. The summed E-state index contributed by atoms with van der Waals surface area (Å²) in [5.41, 5.74) is 4.79. The van der Waals surface area contributed by atoms with Crippen LogP contribution in [0.4, 0.5) is 5.82 Å². The van der Waals surface area contributed by atoms with Crippen LogP contribution < -0.4 is 4.90 Å². The van der Waals surface area contributed by atoms with E-state index in [4.69, 9.17) is 4.74 Å². The number of ether oxygens (including phenoxy) is 1. The van der Waals surface area contributed by atoms with Crippen LogP contribution >= 0.6 is 0 Å². The van der Waals surface area contributed by atoms with Crippen LogP contribution in [0.5, 0.6) is 0 Å². The van der Waals surface area contributed by atoms with E-state index in [1.165, 1.54) is 0 Å². The van der Waals surface area contributed by atoms with E-state index in [1.807, 2.05) is 24.4 Å². The Balaban J connectivity index is 1.57. The van der Waals surface area contributed by atoms with Crippen molar-refractivity contribution >= 4 is 16.7 Å². The lowest BCUT2D eigenvalue weighted by molar-refractivity contribution is 0.122. The zero-order valence-corrected chi connectivity index (χ0v) is 14.7. The van der Waals surface area contributed by atoms with Crippen molar-refractivity contribution in [2.75, 3.05) is 31.2 Å². The highest BCUT2D eigenvalue weighted by Crippen LogP contribution is 2.31. The molecule has 3 aromatic heterocycles. The summed E-state index contributed by atoms with van der Waals surface area (Å²) in [6, 6.07) is 10.2. The number of morpholine rings is 1. The van der Waals surface area contributed by atoms with Gasteiger partial charge in [0.15, 0.2) is 0 Å². The number of hydrogen-bond acceptors (Lipinski definition) is 6. The molecule has 1 aromatic carbocycles. The molecule has 134 valence electrons. The van der Waals surface area contributed by atoms with Gasteiger partial charge in [0.1, 0.15) is 11.5 Å².